The van der Waals surface area contributed by atoms with Gasteiger partial charge in [0.05, 0.1) is 0 Å². The van der Waals surface area contributed by atoms with Gasteiger partial charge in [-0.05, 0) is 37.5 Å². The molecule has 0 saturated heterocycles. The summed E-state index contributed by atoms with van der Waals surface area (Å²) in [7, 11) is 0. The van der Waals surface area contributed by atoms with Crippen molar-refractivity contribution in [3.63, 3.8) is 0 Å². The van der Waals surface area contributed by atoms with Crippen LogP contribution in [0, 0.1) is 10.8 Å². The van der Waals surface area contributed by atoms with E-state index in [-0.39, 0.29) is 17.2 Å². The molecule has 1 amide bonds. The molecule has 0 heterocycles. The summed E-state index contributed by atoms with van der Waals surface area (Å²) in [6.45, 7) is 2.92. The van der Waals surface area contributed by atoms with Crippen LogP contribution < -0.4 is 11.1 Å². The first-order chi connectivity index (χ1) is 9.08. The van der Waals surface area contributed by atoms with E-state index >= 15 is 0 Å². The van der Waals surface area contributed by atoms with Crippen LogP contribution in [-0.2, 0) is 4.79 Å². The summed E-state index contributed by atoms with van der Waals surface area (Å²) in [6.07, 6.45) is 8.35. The van der Waals surface area contributed by atoms with E-state index in [0.29, 0.717) is 12.8 Å². The molecule has 2 rings (SSSR count). The van der Waals surface area contributed by atoms with Crippen molar-refractivity contribution in [2.45, 2.75) is 58.3 Å². The Hall–Kier alpha value is -1.26. The van der Waals surface area contributed by atoms with Gasteiger partial charge in [-0.2, -0.15) is 0 Å². The number of amidine groups is 1. The van der Waals surface area contributed by atoms with E-state index in [1.807, 2.05) is 0 Å². The number of hydrogen-bond acceptors (Lipinski definition) is 3. The van der Waals surface area contributed by atoms with Crippen molar-refractivity contribution in [1.29, 1.82) is 0 Å². The van der Waals surface area contributed by atoms with Crippen molar-refractivity contribution in [3.8, 4) is 0 Å². The Morgan fingerprint density at radius 1 is 1.26 bits per heavy atom. The zero-order chi connectivity index (χ0) is 13.9. The first kappa shape index (κ1) is 14.2. The number of carbonyl (C=O) groups excluding carboxylic acids is 1. The molecule has 0 bridgehead atoms. The van der Waals surface area contributed by atoms with Crippen LogP contribution in [0.4, 0.5) is 0 Å². The van der Waals surface area contributed by atoms with Gasteiger partial charge in [0, 0.05) is 6.54 Å². The molecule has 0 radical (unpaired) electrons. The van der Waals surface area contributed by atoms with Crippen LogP contribution in [0.1, 0.15) is 58.3 Å². The number of rotatable bonds is 5. The molecule has 2 aliphatic rings. The molecule has 0 aliphatic heterocycles. The third-order valence-electron chi connectivity index (χ3n) is 5.28. The predicted octanol–water partition coefficient (Wildman–Crippen LogP) is 1.99. The molecule has 2 fully saturated rings. The second kappa shape index (κ2) is 5.39. The zero-order valence-electron chi connectivity index (χ0n) is 11.7. The Kier molecular flexibility index (Phi) is 4.02. The normalized spacial score (nSPS) is 24.8. The van der Waals surface area contributed by atoms with Crippen LogP contribution in [-0.4, -0.2) is 23.5 Å². The fraction of sp³-hybridized carbons (Fsp3) is 0.857. The second-order valence-electron chi connectivity index (χ2n) is 6.16. The molecule has 5 heteroatoms. The minimum atomic E-state index is -0.748. The van der Waals surface area contributed by atoms with Crippen LogP contribution in [0.15, 0.2) is 5.16 Å². The maximum Gasteiger partial charge on any atom is 0.233 e. The third-order valence-corrected chi connectivity index (χ3v) is 5.28. The molecule has 19 heavy (non-hydrogen) atoms. The van der Waals surface area contributed by atoms with E-state index in [0.717, 1.165) is 19.4 Å². The highest BCUT2D eigenvalue weighted by Gasteiger charge is 2.48. The lowest BCUT2D eigenvalue weighted by atomic mass is 9.67. The number of nitrogens with two attached hydrogens (primary N) is 1. The molecule has 108 valence electrons. The number of oxime groups is 1. The van der Waals surface area contributed by atoms with E-state index in [9.17, 15) is 4.79 Å². The topological polar surface area (TPSA) is 87.7 Å². The Morgan fingerprint density at radius 3 is 2.32 bits per heavy atom. The largest absolute Gasteiger partial charge is 0.409 e. The average molecular weight is 267 g/mol. The Labute approximate surface area is 114 Å². The number of nitrogens with one attached hydrogen (secondary N) is 1. The predicted molar refractivity (Wildman–Crippen MR) is 73.9 cm³/mol. The van der Waals surface area contributed by atoms with Gasteiger partial charge in [0.1, 0.15) is 5.41 Å². The highest BCUT2D eigenvalue weighted by Crippen LogP contribution is 2.43. The molecule has 4 N–H and O–H groups in total. The van der Waals surface area contributed by atoms with Crippen LogP contribution in [0.5, 0.6) is 0 Å². The molecule has 2 saturated carbocycles. The van der Waals surface area contributed by atoms with E-state index in [1.165, 1.54) is 25.7 Å². The molecule has 0 aromatic carbocycles. The van der Waals surface area contributed by atoms with Crippen LogP contribution >= 0.6 is 0 Å². The maximum absolute atomic E-state index is 12.4. The SMILES string of the molecule is CCC1(CNC(=O)C2(C(N)=NO)CCC2)CCCC1. The highest BCUT2D eigenvalue weighted by molar-refractivity contribution is 6.07. The van der Waals surface area contributed by atoms with Crippen molar-refractivity contribution in [3.05, 3.63) is 0 Å². The van der Waals surface area contributed by atoms with E-state index in [1.54, 1.807) is 0 Å². The lowest BCUT2D eigenvalue weighted by Crippen LogP contribution is -2.55. The summed E-state index contributed by atoms with van der Waals surface area (Å²) in [5.74, 6) is 0.00185. The Balaban J connectivity index is 1.97. The standard InChI is InChI=1S/C14H25N3O2/c1-2-13(6-3-4-7-13)10-16-12(18)14(8-5-9-14)11(15)17-19/h19H,2-10H2,1H3,(H2,15,17)(H,16,18). The Bertz CT molecular complexity index is 369. The van der Waals surface area contributed by atoms with Crippen molar-refractivity contribution < 1.29 is 10.0 Å². The van der Waals surface area contributed by atoms with E-state index < -0.39 is 5.41 Å². The summed E-state index contributed by atoms with van der Waals surface area (Å²) in [5.41, 5.74) is 5.22. The molecule has 0 aromatic rings. The number of nitrogens with zero attached hydrogens (tertiary/aromatic N) is 1. The van der Waals surface area contributed by atoms with Crippen LogP contribution in [0.25, 0.3) is 0 Å². The number of hydrogen-bond donors (Lipinski definition) is 3. The van der Waals surface area contributed by atoms with Gasteiger partial charge in [-0.3, -0.25) is 4.79 Å². The van der Waals surface area contributed by atoms with Gasteiger partial charge in [0.2, 0.25) is 5.91 Å². The smallest absolute Gasteiger partial charge is 0.233 e. The van der Waals surface area contributed by atoms with Gasteiger partial charge in [-0.1, -0.05) is 31.3 Å². The van der Waals surface area contributed by atoms with E-state index in [2.05, 4.69) is 17.4 Å². The molecular weight excluding hydrogens is 242 g/mol. The second-order valence-corrected chi connectivity index (χ2v) is 6.16. The van der Waals surface area contributed by atoms with Crippen LogP contribution in [0.2, 0.25) is 0 Å². The van der Waals surface area contributed by atoms with Crippen molar-refractivity contribution in [1.82, 2.24) is 5.32 Å². The molecule has 0 atom stereocenters. The monoisotopic (exact) mass is 267 g/mol. The minimum absolute atomic E-state index is 0.0613. The summed E-state index contributed by atoms with van der Waals surface area (Å²) < 4.78 is 0. The molecule has 0 spiro atoms. The average Bonchev–Trinajstić information content (AvgIpc) is 2.84. The van der Waals surface area contributed by atoms with Gasteiger partial charge in [-0.15, -0.1) is 0 Å². The van der Waals surface area contributed by atoms with Gasteiger partial charge in [-0.25, -0.2) is 0 Å². The fourth-order valence-corrected chi connectivity index (χ4v) is 3.44. The lowest BCUT2D eigenvalue weighted by molar-refractivity contribution is -0.131. The van der Waals surface area contributed by atoms with Crippen molar-refractivity contribution in [2.75, 3.05) is 6.54 Å². The fourth-order valence-electron chi connectivity index (χ4n) is 3.44. The first-order valence-electron chi connectivity index (χ1n) is 7.35. The lowest BCUT2D eigenvalue weighted by Gasteiger charge is -2.40. The summed E-state index contributed by atoms with van der Waals surface area (Å²) >= 11 is 0. The summed E-state index contributed by atoms with van der Waals surface area (Å²) in [6, 6.07) is 0. The van der Waals surface area contributed by atoms with Crippen molar-refractivity contribution in [2.24, 2.45) is 21.7 Å². The summed E-state index contributed by atoms with van der Waals surface area (Å²) in [4.78, 5) is 12.4. The number of amides is 1. The summed E-state index contributed by atoms with van der Waals surface area (Å²) in [5, 5.41) is 15.0. The molecular formula is C14H25N3O2. The van der Waals surface area contributed by atoms with Gasteiger partial charge in [0.15, 0.2) is 5.84 Å². The quantitative estimate of drug-likeness (QED) is 0.308. The van der Waals surface area contributed by atoms with E-state index in [4.69, 9.17) is 10.9 Å². The minimum Gasteiger partial charge on any atom is -0.409 e. The molecule has 2 aliphatic carbocycles. The first-order valence-corrected chi connectivity index (χ1v) is 7.35. The Morgan fingerprint density at radius 2 is 1.89 bits per heavy atom. The van der Waals surface area contributed by atoms with Gasteiger partial charge < -0.3 is 16.3 Å². The molecule has 0 aromatic heterocycles. The highest BCUT2D eigenvalue weighted by atomic mass is 16.4. The molecule has 0 unspecified atom stereocenters. The van der Waals surface area contributed by atoms with Gasteiger partial charge >= 0.3 is 0 Å². The third kappa shape index (κ3) is 2.42. The molecule has 5 nitrogen and oxygen atoms in total. The maximum atomic E-state index is 12.4. The zero-order valence-corrected chi connectivity index (χ0v) is 11.7. The number of carbonyl (C=O) groups is 1. The van der Waals surface area contributed by atoms with Crippen LogP contribution in [0.3, 0.4) is 0 Å². The van der Waals surface area contributed by atoms with Crippen molar-refractivity contribution >= 4 is 11.7 Å². The van der Waals surface area contributed by atoms with Gasteiger partial charge in [0.25, 0.3) is 0 Å².